The Hall–Kier alpha value is -2.82. The van der Waals surface area contributed by atoms with Crippen molar-refractivity contribution >= 4 is 44.2 Å². The second-order valence-electron chi connectivity index (χ2n) is 6.33. The van der Waals surface area contributed by atoms with Gasteiger partial charge in [0, 0.05) is 30.3 Å². The molecule has 0 spiro atoms. The van der Waals surface area contributed by atoms with Gasteiger partial charge in [0.2, 0.25) is 10.0 Å². The van der Waals surface area contributed by atoms with Crippen molar-refractivity contribution in [2.24, 2.45) is 0 Å². The standard InChI is InChI=1S/C19H20ClN3O6S/c1-21-19(25)17-12-8-15(28-2)13(23(6-7-24)30(3,26)27)9-14(12)29-18(17)11-4-5-16(20)22-10-11/h4-5,8-10,24H,6-7H2,1-3H3,(H,21,25). The van der Waals surface area contributed by atoms with Crippen LogP contribution in [0.2, 0.25) is 5.15 Å². The predicted molar refractivity (Wildman–Crippen MR) is 114 cm³/mol. The van der Waals surface area contributed by atoms with Gasteiger partial charge in [-0.1, -0.05) is 11.6 Å². The average molecular weight is 454 g/mol. The summed E-state index contributed by atoms with van der Waals surface area (Å²) in [4.78, 5) is 16.7. The van der Waals surface area contributed by atoms with Crippen LogP contribution >= 0.6 is 11.6 Å². The highest BCUT2D eigenvalue weighted by Crippen LogP contribution is 2.40. The number of amides is 1. The molecule has 0 unspecified atom stereocenters. The lowest BCUT2D eigenvalue weighted by Crippen LogP contribution is -2.32. The van der Waals surface area contributed by atoms with Crippen molar-refractivity contribution in [2.75, 3.05) is 37.9 Å². The zero-order valence-electron chi connectivity index (χ0n) is 16.5. The first-order chi connectivity index (χ1) is 14.2. The van der Waals surface area contributed by atoms with E-state index in [0.717, 1.165) is 10.6 Å². The number of ether oxygens (including phenoxy) is 1. The Labute approximate surface area is 178 Å². The number of methoxy groups -OCH3 is 1. The molecule has 0 bridgehead atoms. The molecule has 3 aromatic rings. The molecule has 1 aromatic carbocycles. The summed E-state index contributed by atoms with van der Waals surface area (Å²) in [6, 6.07) is 6.22. The molecule has 0 aliphatic heterocycles. The fourth-order valence-corrected chi connectivity index (χ4v) is 4.12. The maximum Gasteiger partial charge on any atom is 0.255 e. The van der Waals surface area contributed by atoms with E-state index in [9.17, 15) is 18.3 Å². The Morgan fingerprint density at radius 3 is 2.63 bits per heavy atom. The van der Waals surface area contributed by atoms with Gasteiger partial charge in [-0.3, -0.25) is 9.10 Å². The highest BCUT2D eigenvalue weighted by atomic mass is 35.5. The van der Waals surface area contributed by atoms with E-state index >= 15 is 0 Å². The molecule has 30 heavy (non-hydrogen) atoms. The summed E-state index contributed by atoms with van der Waals surface area (Å²) in [6.45, 7) is -0.560. The quantitative estimate of drug-likeness (QED) is 0.526. The van der Waals surface area contributed by atoms with Crippen molar-refractivity contribution in [3.8, 4) is 17.1 Å². The molecule has 0 atom stereocenters. The summed E-state index contributed by atoms with van der Waals surface area (Å²) in [5.74, 6) is 0.0534. The number of rotatable bonds is 7. The number of pyridine rings is 1. The molecule has 2 aromatic heterocycles. The Kier molecular flexibility index (Phi) is 6.20. The molecule has 2 N–H and O–H groups in total. The molecular weight excluding hydrogens is 434 g/mol. The van der Waals surface area contributed by atoms with Gasteiger partial charge >= 0.3 is 0 Å². The molecule has 160 valence electrons. The molecular formula is C19H20ClN3O6S. The summed E-state index contributed by atoms with van der Waals surface area (Å²) < 4.78 is 36.8. The van der Waals surface area contributed by atoms with Crippen LogP contribution in [0.5, 0.6) is 5.75 Å². The number of carbonyl (C=O) groups excluding carboxylic acids is 1. The number of halogens is 1. The van der Waals surface area contributed by atoms with Crippen LogP contribution in [0.25, 0.3) is 22.3 Å². The minimum Gasteiger partial charge on any atom is -0.495 e. The SMILES string of the molecule is CNC(=O)c1c(-c2ccc(Cl)nc2)oc2cc(N(CCO)S(C)(=O)=O)c(OC)cc12. The average Bonchev–Trinajstić information content (AvgIpc) is 3.08. The molecule has 0 aliphatic rings. The first-order valence-corrected chi connectivity index (χ1v) is 11.0. The molecule has 9 nitrogen and oxygen atoms in total. The Balaban J connectivity index is 2.33. The lowest BCUT2D eigenvalue weighted by molar-refractivity contribution is 0.0964. The van der Waals surface area contributed by atoms with Crippen LogP contribution in [0.15, 0.2) is 34.9 Å². The minimum atomic E-state index is -3.71. The number of anilines is 1. The van der Waals surface area contributed by atoms with Gasteiger partial charge in [-0.05, 0) is 18.2 Å². The van der Waals surface area contributed by atoms with E-state index in [0.29, 0.717) is 10.9 Å². The zero-order chi connectivity index (χ0) is 22.1. The maximum absolute atomic E-state index is 12.6. The number of sulfonamides is 1. The summed E-state index contributed by atoms with van der Waals surface area (Å²) in [5, 5.41) is 12.6. The molecule has 2 heterocycles. The van der Waals surface area contributed by atoms with Gasteiger partial charge in [-0.25, -0.2) is 13.4 Å². The zero-order valence-corrected chi connectivity index (χ0v) is 18.0. The van der Waals surface area contributed by atoms with Crippen molar-refractivity contribution < 1.29 is 27.5 Å². The van der Waals surface area contributed by atoms with Crippen LogP contribution in [-0.4, -0.2) is 58.0 Å². The molecule has 0 fully saturated rings. The topological polar surface area (TPSA) is 122 Å². The van der Waals surface area contributed by atoms with Crippen molar-refractivity contribution in [1.29, 1.82) is 0 Å². The van der Waals surface area contributed by atoms with E-state index in [1.54, 1.807) is 12.1 Å². The van der Waals surface area contributed by atoms with Gasteiger partial charge in [0.25, 0.3) is 5.91 Å². The number of hydrogen-bond donors (Lipinski definition) is 2. The molecule has 0 radical (unpaired) electrons. The van der Waals surface area contributed by atoms with Gasteiger partial charge in [-0.2, -0.15) is 0 Å². The third kappa shape index (κ3) is 4.07. The van der Waals surface area contributed by atoms with Crippen molar-refractivity contribution in [3.05, 3.63) is 41.2 Å². The second-order valence-corrected chi connectivity index (χ2v) is 8.63. The number of hydrogen-bond acceptors (Lipinski definition) is 7. The Morgan fingerprint density at radius 2 is 2.10 bits per heavy atom. The molecule has 0 saturated heterocycles. The lowest BCUT2D eigenvalue weighted by Gasteiger charge is -2.23. The fraction of sp³-hybridized carbons (Fsp3) is 0.263. The van der Waals surface area contributed by atoms with Gasteiger partial charge in [0.1, 0.15) is 22.2 Å². The van der Waals surface area contributed by atoms with E-state index in [2.05, 4.69) is 10.3 Å². The summed E-state index contributed by atoms with van der Waals surface area (Å²) in [5.41, 5.74) is 1.21. The molecule has 3 rings (SSSR count). The van der Waals surface area contributed by atoms with Crippen LogP contribution < -0.4 is 14.4 Å². The number of furan rings is 1. The van der Waals surface area contributed by atoms with E-state index in [-0.39, 0.29) is 40.0 Å². The molecule has 0 aliphatic carbocycles. The number of fused-ring (bicyclic) bond motifs is 1. The van der Waals surface area contributed by atoms with Gasteiger partial charge < -0.3 is 19.6 Å². The monoisotopic (exact) mass is 453 g/mol. The summed E-state index contributed by atoms with van der Waals surface area (Å²) in [6.07, 6.45) is 2.49. The highest BCUT2D eigenvalue weighted by molar-refractivity contribution is 7.92. The van der Waals surface area contributed by atoms with Gasteiger partial charge in [-0.15, -0.1) is 0 Å². The van der Waals surface area contributed by atoms with Crippen LogP contribution in [0, 0.1) is 0 Å². The number of benzene rings is 1. The molecule has 11 heteroatoms. The number of nitrogens with zero attached hydrogens (tertiary/aromatic N) is 2. The van der Waals surface area contributed by atoms with Crippen LogP contribution in [0.4, 0.5) is 5.69 Å². The Bertz CT molecular complexity index is 1190. The van der Waals surface area contributed by atoms with E-state index in [4.69, 9.17) is 20.8 Å². The largest absolute Gasteiger partial charge is 0.495 e. The molecule has 1 amide bonds. The van der Waals surface area contributed by atoms with Gasteiger partial charge in [0.15, 0.2) is 0 Å². The number of nitrogens with one attached hydrogen (secondary N) is 1. The van der Waals surface area contributed by atoms with Crippen molar-refractivity contribution in [3.63, 3.8) is 0 Å². The van der Waals surface area contributed by atoms with Gasteiger partial charge in [0.05, 0.1) is 37.8 Å². The number of carbonyl (C=O) groups is 1. The van der Waals surface area contributed by atoms with E-state index in [1.165, 1.54) is 32.5 Å². The molecule has 0 saturated carbocycles. The number of aromatic nitrogens is 1. The first kappa shape index (κ1) is 21.9. The normalized spacial score (nSPS) is 11.5. The van der Waals surface area contributed by atoms with Crippen molar-refractivity contribution in [2.45, 2.75) is 0 Å². The fourth-order valence-electron chi connectivity index (χ4n) is 3.09. The minimum absolute atomic E-state index is 0.169. The third-order valence-electron chi connectivity index (χ3n) is 4.41. The second kappa shape index (κ2) is 8.50. The maximum atomic E-state index is 12.6. The van der Waals surface area contributed by atoms with E-state index < -0.39 is 22.5 Å². The van der Waals surface area contributed by atoms with Crippen molar-refractivity contribution in [1.82, 2.24) is 10.3 Å². The summed E-state index contributed by atoms with van der Waals surface area (Å²) >= 11 is 5.85. The number of aliphatic hydroxyl groups is 1. The smallest absolute Gasteiger partial charge is 0.255 e. The van der Waals surface area contributed by atoms with Crippen LogP contribution in [-0.2, 0) is 10.0 Å². The third-order valence-corrected chi connectivity index (χ3v) is 5.81. The number of aliphatic hydroxyl groups excluding tert-OH is 1. The van der Waals surface area contributed by atoms with E-state index in [1.807, 2.05) is 0 Å². The first-order valence-electron chi connectivity index (χ1n) is 8.78. The Morgan fingerprint density at radius 1 is 1.37 bits per heavy atom. The predicted octanol–water partition coefficient (Wildman–Crippen LogP) is 2.27. The van der Waals surface area contributed by atoms with Crippen LogP contribution in [0.1, 0.15) is 10.4 Å². The highest BCUT2D eigenvalue weighted by Gasteiger charge is 2.27. The van der Waals surface area contributed by atoms with Crippen LogP contribution in [0.3, 0.4) is 0 Å². The lowest BCUT2D eigenvalue weighted by atomic mass is 10.1. The summed E-state index contributed by atoms with van der Waals surface area (Å²) in [7, 11) is -0.843.